The molecule has 3 N–H and O–H groups in total. The first-order valence-corrected chi connectivity index (χ1v) is 7.58. The Morgan fingerprint density at radius 2 is 2.17 bits per heavy atom. The largest absolute Gasteiger partial charge is 0.350 e. The van der Waals surface area contributed by atoms with Crippen molar-refractivity contribution in [3.05, 3.63) is 38.2 Å². The minimum Gasteiger partial charge on any atom is -0.350 e. The molecule has 24 heavy (non-hydrogen) atoms. The highest BCUT2D eigenvalue weighted by Crippen LogP contribution is 2.39. The summed E-state index contributed by atoms with van der Waals surface area (Å²) in [5.41, 5.74) is -0.935. The third-order valence-corrected chi connectivity index (χ3v) is 4.30. The molecule has 1 saturated carbocycles. The van der Waals surface area contributed by atoms with Crippen LogP contribution >= 0.6 is 0 Å². The fraction of sp³-hybridized carbons (Fsp3) is 0.467. The molecule has 0 aliphatic heterocycles. The first kappa shape index (κ1) is 16.3. The zero-order chi connectivity index (χ0) is 17.5. The van der Waals surface area contributed by atoms with Gasteiger partial charge in [-0.25, -0.2) is 18.6 Å². The Morgan fingerprint density at radius 1 is 1.42 bits per heavy atom. The lowest BCUT2D eigenvalue weighted by Crippen LogP contribution is -2.36. The molecule has 0 spiro atoms. The number of fused-ring (bicyclic) bond motifs is 1. The number of aromatic nitrogens is 3. The average Bonchev–Trinajstić information content (AvgIpc) is 2.82. The molecule has 2 aromatic rings. The first-order chi connectivity index (χ1) is 11.3. The normalized spacial score (nSPS) is 19.5. The second kappa shape index (κ2) is 5.81. The fourth-order valence-electron chi connectivity index (χ4n) is 3.03. The van der Waals surface area contributed by atoms with E-state index in [0.29, 0.717) is 18.4 Å². The van der Waals surface area contributed by atoms with Crippen LogP contribution in [-0.4, -0.2) is 33.3 Å². The highest BCUT2D eigenvalue weighted by Gasteiger charge is 2.43. The second-order valence-corrected chi connectivity index (χ2v) is 6.02. The number of nitrogens with zero attached hydrogens (tertiary/aromatic N) is 1. The molecule has 0 aromatic carbocycles. The number of amides is 1. The average molecular weight is 338 g/mol. The molecule has 1 aliphatic carbocycles. The third-order valence-electron chi connectivity index (χ3n) is 4.30. The molecule has 0 radical (unpaired) electrons. The number of hydrogen-bond acceptors (Lipinski definition) is 4. The molecule has 0 bridgehead atoms. The molecule has 128 valence electrons. The molecule has 0 saturated heterocycles. The van der Waals surface area contributed by atoms with Gasteiger partial charge in [-0.15, -0.1) is 0 Å². The van der Waals surface area contributed by atoms with Crippen molar-refractivity contribution in [2.45, 2.75) is 32.1 Å². The Bertz CT molecular complexity index is 919. The summed E-state index contributed by atoms with van der Waals surface area (Å²) < 4.78 is 27.2. The van der Waals surface area contributed by atoms with Crippen molar-refractivity contribution in [1.29, 1.82) is 0 Å². The monoisotopic (exact) mass is 338 g/mol. The number of hydrogen-bond donors (Lipinski definition) is 3. The van der Waals surface area contributed by atoms with Gasteiger partial charge in [0.25, 0.3) is 17.4 Å². The number of H-pyrrole nitrogens is 2. The minimum absolute atomic E-state index is 0.0138. The SMILES string of the molecule is Cc1cc(C(=O)NCC2CCCC2(F)F)nc2[nH]c(=O)[nH]c(=O)c12. The molecule has 1 amide bonds. The van der Waals surface area contributed by atoms with Crippen LogP contribution in [0.5, 0.6) is 0 Å². The molecule has 9 heteroatoms. The van der Waals surface area contributed by atoms with Crippen molar-refractivity contribution < 1.29 is 13.6 Å². The van der Waals surface area contributed by atoms with E-state index in [0.717, 1.165) is 0 Å². The van der Waals surface area contributed by atoms with Gasteiger partial charge in [0.2, 0.25) is 0 Å². The van der Waals surface area contributed by atoms with E-state index in [2.05, 4.69) is 20.3 Å². The van der Waals surface area contributed by atoms with Crippen LogP contribution in [0.25, 0.3) is 11.0 Å². The highest BCUT2D eigenvalue weighted by molar-refractivity contribution is 5.95. The summed E-state index contributed by atoms with van der Waals surface area (Å²) in [5.74, 6) is -4.27. The first-order valence-electron chi connectivity index (χ1n) is 7.58. The molecule has 2 aromatic heterocycles. The standard InChI is InChI=1S/C15H16F2N4O3/c1-7-5-9(19-11-10(7)13(23)21-14(24)20-11)12(22)18-6-8-3-2-4-15(8,16)17/h5,8H,2-4,6H2,1H3,(H,18,22)(H2,19,20,21,23,24). The van der Waals surface area contributed by atoms with E-state index >= 15 is 0 Å². The Morgan fingerprint density at radius 3 is 2.83 bits per heavy atom. The second-order valence-electron chi connectivity index (χ2n) is 6.02. The molecule has 1 atom stereocenters. The number of carbonyl (C=O) groups is 1. The molecule has 2 heterocycles. The van der Waals surface area contributed by atoms with Crippen LogP contribution in [0.2, 0.25) is 0 Å². The molecule has 1 aliphatic rings. The fourth-order valence-corrected chi connectivity index (χ4v) is 3.03. The predicted octanol–water partition coefficient (Wildman–Crippen LogP) is 1.09. The van der Waals surface area contributed by atoms with E-state index in [1.54, 1.807) is 6.92 Å². The van der Waals surface area contributed by atoms with Gasteiger partial charge in [0, 0.05) is 18.9 Å². The Balaban J connectivity index is 1.85. The summed E-state index contributed by atoms with van der Waals surface area (Å²) in [6.07, 6.45) is 0.635. The van der Waals surface area contributed by atoms with Gasteiger partial charge >= 0.3 is 5.69 Å². The zero-order valence-corrected chi connectivity index (χ0v) is 12.9. The number of halogens is 2. The van der Waals surface area contributed by atoms with Gasteiger partial charge in [0.15, 0.2) is 0 Å². The summed E-state index contributed by atoms with van der Waals surface area (Å²) >= 11 is 0. The van der Waals surface area contributed by atoms with E-state index in [1.807, 2.05) is 0 Å². The van der Waals surface area contributed by atoms with Gasteiger partial charge < -0.3 is 5.32 Å². The number of alkyl halides is 2. The lowest BCUT2D eigenvalue weighted by Gasteiger charge is -2.19. The molecular formula is C15H16F2N4O3. The maximum atomic E-state index is 13.6. The van der Waals surface area contributed by atoms with Crippen LogP contribution in [0.15, 0.2) is 15.7 Å². The summed E-state index contributed by atoms with van der Waals surface area (Å²) in [6, 6.07) is 1.39. The van der Waals surface area contributed by atoms with Crippen molar-refractivity contribution in [3.8, 4) is 0 Å². The number of aromatic amines is 2. The maximum Gasteiger partial charge on any atom is 0.327 e. The number of carbonyl (C=O) groups excluding carboxylic acids is 1. The van der Waals surface area contributed by atoms with Crippen molar-refractivity contribution in [2.24, 2.45) is 5.92 Å². The van der Waals surface area contributed by atoms with Crippen molar-refractivity contribution in [3.63, 3.8) is 0 Å². The van der Waals surface area contributed by atoms with Gasteiger partial charge in [-0.05, 0) is 31.4 Å². The van der Waals surface area contributed by atoms with Crippen LogP contribution in [0.1, 0.15) is 35.3 Å². The quantitative estimate of drug-likeness (QED) is 0.778. The van der Waals surface area contributed by atoms with E-state index in [1.165, 1.54) is 6.07 Å². The Hall–Kier alpha value is -2.58. The van der Waals surface area contributed by atoms with Gasteiger partial charge in [-0.3, -0.25) is 19.6 Å². The van der Waals surface area contributed by atoms with Crippen LogP contribution in [-0.2, 0) is 0 Å². The van der Waals surface area contributed by atoms with E-state index in [-0.39, 0.29) is 29.7 Å². The number of rotatable bonds is 3. The zero-order valence-electron chi connectivity index (χ0n) is 12.9. The van der Waals surface area contributed by atoms with Crippen LogP contribution in [0.3, 0.4) is 0 Å². The van der Waals surface area contributed by atoms with Crippen LogP contribution in [0.4, 0.5) is 8.78 Å². The maximum absolute atomic E-state index is 13.6. The lowest BCUT2D eigenvalue weighted by molar-refractivity contribution is -0.0352. The molecular weight excluding hydrogens is 322 g/mol. The van der Waals surface area contributed by atoms with Crippen LogP contribution < -0.4 is 16.6 Å². The van der Waals surface area contributed by atoms with Gasteiger partial charge in [-0.1, -0.05) is 0 Å². The van der Waals surface area contributed by atoms with Gasteiger partial charge in [-0.2, -0.15) is 0 Å². The summed E-state index contributed by atoms with van der Waals surface area (Å²) in [6.45, 7) is 1.45. The summed E-state index contributed by atoms with van der Waals surface area (Å²) in [5, 5.41) is 2.63. The Labute approximate surface area is 134 Å². The van der Waals surface area contributed by atoms with Gasteiger partial charge in [0.05, 0.1) is 5.39 Å². The minimum atomic E-state index is -2.77. The smallest absolute Gasteiger partial charge is 0.327 e. The molecule has 3 rings (SSSR count). The van der Waals surface area contributed by atoms with E-state index in [4.69, 9.17) is 0 Å². The number of aryl methyl sites for hydroxylation is 1. The Kier molecular flexibility index (Phi) is 3.94. The molecule has 7 nitrogen and oxygen atoms in total. The topological polar surface area (TPSA) is 108 Å². The molecule has 1 fully saturated rings. The van der Waals surface area contributed by atoms with E-state index < -0.39 is 29.0 Å². The van der Waals surface area contributed by atoms with Gasteiger partial charge in [0.1, 0.15) is 11.3 Å². The number of nitrogens with one attached hydrogen (secondary N) is 3. The molecule has 1 unspecified atom stereocenters. The van der Waals surface area contributed by atoms with Crippen molar-refractivity contribution >= 4 is 16.9 Å². The lowest BCUT2D eigenvalue weighted by atomic mass is 10.1. The van der Waals surface area contributed by atoms with E-state index in [9.17, 15) is 23.2 Å². The third kappa shape index (κ3) is 2.93. The summed E-state index contributed by atoms with van der Waals surface area (Å²) in [7, 11) is 0. The van der Waals surface area contributed by atoms with Crippen molar-refractivity contribution in [2.75, 3.05) is 6.54 Å². The highest BCUT2D eigenvalue weighted by atomic mass is 19.3. The van der Waals surface area contributed by atoms with Crippen molar-refractivity contribution in [1.82, 2.24) is 20.3 Å². The summed E-state index contributed by atoms with van der Waals surface area (Å²) in [4.78, 5) is 43.7. The van der Waals surface area contributed by atoms with Crippen LogP contribution in [0, 0.1) is 12.8 Å². The number of pyridine rings is 1. The predicted molar refractivity (Wildman–Crippen MR) is 82.3 cm³/mol.